The second kappa shape index (κ2) is 9.63. The molecule has 2 aliphatic rings. The van der Waals surface area contributed by atoms with E-state index < -0.39 is 0 Å². The fraction of sp³-hybridized carbons (Fsp3) is 0.480. The molecular formula is C25H32N2O3. The van der Waals surface area contributed by atoms with Gasteiger partial charge in [-0.1, -0.05) is 0 Å². The zero-order valence-corrected chi connectivity index (χ0v) is 18.0. The number of rotatable bonds is 6. The first kappa shape index (κ1) is 20.9. The Bertz CT molecular complexity index is 749. The van der Waals surface area contributed by atoms with Crippen LogP contribution in [0.15, 0.2) is 48.5 Å². The Morgan fingerprint density at radius 2 is 1.00 bits per heavy atom. The zero-order valence-electron chi connectivity index (χ0n) is 18.0. The smallest absolute Gasteiger partial charge is 0.193 e. The molecule has 0 saturated carbocycles. The van der Waals surface area contributed by atoms with E-state index in [1.807, 2.05) is 48.5 Å². The molecule has 5 heteroatoms. The molecule has 2 saturated heterocycles. The van der Waals surface area contributed by atoms with Gasteiger partial charge in [0.2, 0.25) is 0 Å². The van der Waals surface area contributed by atoms with Crippen molar-refractivity contribution in [2.24, 2.45) is 0 Å². The van der Waals surface area contributed by atoms with E-state index in [9.17, 15) is 4.79 Å². The third-order valence-corrected chi connectivity index (χ3v) is 6.17. The van der Waals surface area contributed by atoms with E-state index >= 15 is 0 Å². The molecule has 0 aliphatic carbocycles. The summed E-state index contributed by atoms with van der Waals surface area (Å²) in [6.07, 6.45) is 4.71. The van der Waals surface area contributed by atoms with E-state index in [1.165, 1.54) is 0 Å². The lowest BCUT2D eigenvalue weighted by Gasteiger charge is -2.29. The van der Waals surface area contributed by atoms with Crippen LogP contribution in [0.1, 0.15) is 41.6 Å². The van der Waals surface area contributed by atoms with E-state index in [-0.39, 0.29) is 18.0 Å². The molecule has 2 aromatic carbocycles. The summed E-state index contributed by atoms with van der Waals surface area (Å²) in [4.78, 5) is 17.5. The van der Waals surface area contributed by atoms with E-state index in [0.717, 1.165) is 63.4 Å². The Morgan fingerprint density at radius 1 is 0.667 bits per heavy atom. The number of benzene rings is 2. The quantitative estimate of drug-likeness (QED) is 0.679. The summed E-state index contributed by atoms with van der Waals surface area (Å²) in [5, 5.41) is 0. The van der Waals surface area contributed by atoms with Crippen molar-refractivity contribution in [1.82, 2.24) is 9.80 Å². The standard InChI is InChI=1S/C25H32N2O3/c1-26-15-11-23(12-16-26)29-21-7-3-19(4-8-21)25(28)20-5-9-22(10-6-20)30-24-13-17-27(2)18-14-24/h3-10,23-24H,11-18H2,1-2H3. The molecule has 2 heterocycles. The van der Waals surface area contributed by atoms with Crippen LogP contribution in [-0.2, 0) is 0 Å². The predicted octanol–water partition coefficient (Wildman–Crippen LogP) is 3.86. The number of ketones is 1. The Labute approximate surface area is 179 Å². The summed E-state index contributed by atoms with van der Waals surface area (Å²) < 4.78 is 12.2. The SMILES string of the molecule is CN1CCC(Oc2ccc(C(=O)c3ccc(OC4CCN(C)CC4)cc3)cc2)CC1. The molecule has 0 bridgehead atoms. The van der Waals surface area contributed by atoms with Crippen LogP contribution in [0.5, 0.6) is 11.5 Å². The summed E-state index contributed by atoms with van der Waals surface area (Å²) >= 11 is 0. The number of ether oxygens (including phenoxy) is 2. The van der Waals surface area contributed by atoms with Gasteiger partial charge in [-0.3, -0.25) is 4.79 Å². The Kier molecular flexibility index (Phi) is 6.70. The van der Waals surface area contributed by atoms with Crippen LogP contribution in [0.25, 0.3) is 0 Å². The Morgan fingerprint density at radius 3 is 1.33 bits per heavy atom. The third kappa shape index (κ3) is 5.41. The van der Waals surface area contributed by atoms with Crippen LogP contribution in [0.4, 0.5) is 0 Å². The average molecular weight is 409 g/mol. The molecule has 30 heavy (non-hydrogen) atoms. The highest BCUT2D eigenvalue weighted by Gasteiger charge is 2.19. The second-order valence-corrected chi connectivity index (χ2v) is 8.62. The van der Waals surface area contributed by atoms with Crippen molar-refractivity contribution in [2.75, 3.05) is 40.3 Å². The lowest BCUT2D eigenvalue weighted by molar-refractivity contribution is 0.103. The molecule has 2 aliphatic heterocycles. The summed E-state index contributed by atoms with van der Waals surface area (Å²) in [5.74, 6) is 1.69. The fourth-order valence-corrected chi connectivity index (χ4v) is 4.13. The molecule has 0 aromatic heterocycles. The molecule has 0 amide bonds. The van der Waals surface area contributed by atoms with Gasteiger partial charge in [-0.15, -0.1) is 0 Å². The van der Waals surface area contributed by atoms with Crippen LogP contribution < -0.4 is 9.47 Å². The zero-order chi connectivity index (χ0) is 20.9. The number of hydrogen-bond acceptors (Lipinski definition) is 5. The minimum atomic E-state index is 0.0201. The van der Waals surface area contributed by atoms with Gasteiger partial charge in [-0.2, -0.15) is 0 Å². The lowest BCUT2D eigenvalue weighted by atomic mass is 10.0. The lowest BCUT2D eigenvalue weighted by Crippen LogP contribution is -2.35. The van der Waals surface area contributed by atoms with Crippen molar-refractivity contribution in [3.63, 3.8) is 0 Å². The minimum Gasteiger partial charge on any atom is -0.490 e. The van der Waals surface area contributed by atoms with Gasteiger partial charge >= 0.3 is 0 Å². The molecule has 160 valence electrons. The van der Waals surface area contributed by atoms with Gasteiger partial charge < -0.3 is 19.3 Å². The number of nitrogens with zero attached hydrogens (tertiary/aromatic N) is 2. The van der Waals surface area contributed by atoms with Gasteiger partial charge in [0.1, 0.15) is 23.7 Å². The number of carbonyl (C=O) groups is 1. The van der Waals surface area contributed by atoms with E-state index in [1.54, 1.807) is 0 Å². The van der Waals surface area contributed by atoms with Gasteiger partial charge in [0.25, 0.3) is 0 Å². The number of likely N-dealkylation sites (tertiary alicyclic amines) is 2. The molecule has 0 unspecified atom stereocenters. The number of piperidine rings is 2. The highest BCUT2D eigenvalue weighted by Crippen LogP contribution is 2.22. The van der Waals surface area contributed by atoms with Gasteiger partial charge in [-0.05, 0) is 88.3 Å². The summed E-state index contributed by atoms with van der Waals surface area (Å²) in [6, 6.07) is 15.1. The molecule has 0 atom stereocenters. The second-order valence-electron chi connectivity index (χ2n) is 8.62. The molecule has 2 aromatic rings. The van der Waals surface area contributed by atoms with Crippen molar-refractivity contribution in [3.8, 4) is 11.5 Å². The topological polar surface area (TPSA) is 42.0 Å². The molecule has 2 fully saturated rings. The normalized spacial score (nSPS) is 19.5. The van der Waals surface area contributed by atoms with Gasteiger partial charge in [0.05, 0.1) is 0 Å². The molecule has 5 nitrogen and oxygen atoms in total. The van der Waals surface area contributed by atoms with Crippen molar-refractivity contribution >= 4 is 5.78 Å². The first-order valence-electron chi connectivity index (χ1n) is 11.0. The summed E-state index contributed by atoms with van der Waals surface area (Å²) in [6.45, 7) is 4.27. The van der Waals surface area contributed by atoms with Gasteiger partial charge in [-0.25, -0.2) is 0 Å². The molecular weight excluding hydrogens is 376 g/mol. The maximum Gasteiger partial charge on any atom is 0.193 e. The van der Waals surface area contributed by atoms with Crippen LogP contribution >= 0.6 is 0 Å². The van der Waals surface area contributed by atoms with E-state index in [0.29, 0.717) is 11.1 Å². The van der Waals surface area contributed by atoms with Crippen LogP contribution in [-0.4, -0.2) is 68.1 Å². The van der Waals surface area contributed by atoms with Crippen molar-refractivity contribution in [1.29, 1.82) is 0 Å². The highest BCUT2D eigenvalue weighted by molar-refractivity contribution is 6.09. The minimum absolute atomic E-state index is 0.0201. The maximum atomic E-state index is 12.8. The Hall–Kier alpha value is -2.37. The fourth-order valence-electron chi connectivity index (χ4n) is 4.13. The monoisotopic (exact) mass is 408 g/mol. The van der Waals surface area contributed by atoms with Crippen LogP contribution in [0.2, 0.25) is 0 Å². The molecule has 0 N–H and O–H groups in total. The average Bonchev–Trinajstić information content (AvgIpc) is 2.77. The Balaban J connectivity index is 1.32. The largest absolute Gasteiger partial charge is 0.490 e. The van der Waals surface area contributed by atoms with Crippen LogP contribution in [0, 0.1) is 0 Å². The van der Waals surface area contributed by atoms with Crippen molar-refractivity contribution in [3.05, 3.63) is 59.7 Å². The summed E-state index contributed by atoms with van der Waals surface area (Å²) in [7, 11) is 4.29. The first-order chi connectivity index (χ1) is 14.6. The van der Waals surface area contributed by atoms with Crippen molar-refractivity contribution < 1.29 is 14.3 Å². The van der Waals surface area contributed by atoms with Crippen LogP contribution in [0.3, 0.4) is 0 Å². The molecule has 0 radical (unpaired) electrons. The van der Waals surface area contributed by atoms with Gasteiger partial charge in [0.15, 0.2) is 5.78 Å². The number of hydrogen-bond donors (Lipinski definition) is 0. The first-order valence-corrected chi connectivity index (χ1v) is 11.0. The predicted molar refractivity (Wildman–Crippen MR) is 119 cm³/mol. The summed E-state index contributed by atoms with van der Waals surface area (Å²) in [5.41, 5.74) is 1.35. The third-order valence-electron chi connectivity index (χ3n) is 6.17. The van der Waals surface area contributed by atoms with Crippen molar-refractivity contribution in [2.45, 2.75) is 37.9 Å². The van der Waals surface area contributed by atoms with E-state index in [2.05, 4.69) is 23.9 Å². The maximum absolute atomic E-state index is 12.8. The molecule has 4 rings (SSSR count). The van der Waals surface area contributed by atoms with Gasteiger partial charge in [0, 0.05) is 37.3 Å². The van der Waals surface area contributed by atoms with E-state index in [4.69, 9.17) is 9.47 Å². The molecule has 0 spiro atoms. The highest BCUT2D eigenvalue weighted by atomic mass is 16.5. The number of carbonyl (C=O) groups excluding carboxylic acids is 1.